The van der Waals surface area contributed by atoms with Gasteiger partial charge in [-0.25, -0.2) is 0 Å². The van der Waals surface area contributed by atoms with Crippen molar-refractivity contribution in [1.82, 2.24) is 9.97 Å². The van der Waals surface area contributed by atoms with E-state index in [0.29, 0.717) is 11.8 Å². The predicted molar refractivity (Wildman–Crippen MR) is 174 cm³/mol. The van der Waals surface area contributed by atoms with Gasteiger partial charge in [0, 0.05) is 23.5 Å². The molecule has 7 rings (SSSR count). The lowest BCUT2D eigenvalue weighted by Crippen LogP contribution is -2.14. The summed E-state index contributed by atoms with van der Waals surface area (Å²) in [5, 5.41) is 0. The van der Waals surface area contributed by atoms with Crippen molar-refractivity contribution in [2.45, 2.75) is 37.5 Å². The number of benzene rings is 4. The van der Waals surface area contributed by atoms with Crippen molar-refractivity contribution >= 4 is 0 Å². The minimum absolute atomic E-state index is 0.537. The Balaban J connectivity index is 1.15. The number of pyridine rings is 2. The van der Waals surface area contributed by atoms with Gasteiger partial charge in [0.05, 0.1) is 11.4 Å². The van der Waals surface area contributed by atoms with Crippen LogP contribution in [0.2, 0.25) is 0 Å². The molecule has 2 atom stereocenters. The first-order chi connectivity index (χ1) is 20.8. The van der Waals surface area contributed by atoms with Crippen molar-refractivity contribution in [3.8, 4) is 44.8 Å². The molecule has 0 saturated heterocycles. The highest BCUT2D eigenvalue weighted by molar-refractivity contribution is 5.73. The molecule has 2 aromatic heterocycles. The molecule has 4 aromatic carbocycles. The summed E-state index contributed by atoms with van der Waals surface area (Å²) in [6.45, 7) is 0. The van der Waals surface area contributed by atoms with Crippen LogP contribution in [0.5, 0.6) is 0 Å². The van der Waals surface area contributed by atoms with Gasteiger partial charge in [0.25, 0.3) is 0 Å². The standard InChI is InChI=1S/C40H34N2/c1-3-14-37(35(12-1)29-18-22-31(23-19-29)39-16-5-7-26-41-39)33-10-9-11-34(28-33)38-15-4-2-13-36(38)30-20-24-32(25-21-30)40-17-6-8-27-42-40/h1-8,12-27,33-34H,9-11,28H2. The lowest BCUT2D eigenvalue weighted by molar-refractivity contribution is 0.395. The first kappa shape index (κ1) is 26.1. The maximum Gasteiger partial charge on any atom is 0.0701 e. The highest BCUT2D eigenvalue weighted by atomic mass is 14.7. The zero-order chi connectivity index (χ0) is 28.1. The fraction of sp³-hybridized carbons (Fsp3) is 0.150. The van der Waals surface area contributed by atoms with E-state index in [0.717, 1.165) is 22.5 Å². The average molecular weight is 543 g/mol. The van der Waals surface area contributed by atoms with Gasteiger partial charge < -0.3 is 0 Å². The van der Waals surface area contributed by atoms with Crippen LogP contribution in [0.3, 0.4) is 0 Å². The zero-order valence-corrected chi connectivity index (χ0v) is 23.7. The van der Waals surface area contributed by atoms with Gasteiger partial charge in [-0.2, -0.15) is 0 Å². The van der Waals surface area contributed by atoms with Crippen LogP contribution in [-0.4, -0.2) is 9.97 Å². The highest BCUT2D eigenvalue weighted by Gasteiger charge is 2.27. The van der Waals surface area contributed by atoms with Crippen molar-refractivity contribution in [3.05, 3.63) is 157 Å². The number of hydrogen-bond donors (Lipinski definition) is 0. The second-order valence-electron chi connectivity index (χ2n) is 11.3. The predicted octanol–water partition coefficient (Wildman–Crippen LogP) is 10.6. The van der Waals surface area contributed by atoms with Gasteiger partial charge in [-0.3, -0.25) is 9.97 Å². The van der Waals surface area contributed by atoms with Gasteiger partial charge >= 0.3 is 0 Å². The van der Waals surface area contributed by atoms with Crippen molar-refractivity contribution in [3.63, 3.8) is 0 Å². The van der Waals surface area contributed by atoms with Crippen molar-refractivity contribution < 1.29 is 0 Å². The quantitative estimate of drug-likeness (QED) is 0.209. The molecule has 1 saturated carbocycles. The monoisotopic (exact) mass is 542 g/mol. The van der Waals surface area contributed by atoms with E-state index in [1.807, 2.05) is 36.7 Å². The smallest absolute Gasteiger partial charge is 0.0701 e. The van der Waals surface area contributed by atoms with Gasteiger partial charge in [-0.15, -0.1) is 0 Å². The molecule has 2 unspecified atom stereocenters. The van der Waals surface area contributed by atoms with E-state index in [4.69, 9.17) is 0 Å². The molecule has 1 aliphatic carbocycles. The highest BCUT2D eigenvalue weighted by Crippen LogP contribution is 2.46. The molecule has 0 radical (unpaired) electrons. The van der Waals surface area contributed by atoms with Gasteiger partial charge in [0.1, 0.15) is 0 Å². The molecule has 42 heavy (non-hydrogen) atoms. The van der Waals surface area contributed by atoms with E-state index in [9.17, 15) is 0 Å². The molecule has 2 nitrogen and oxygen atoms in total. The lowest BCUT2D eigenvalue weighted by atomic mass is 9.72. The third-order valence-electron chi connectivity index (χ3n) is 8.79. The van der Waals surface area contributed by atoms with E-state index >= 15 is 0 Å². The minimum Gasteiger partial charge on any atom is -0.256 e. The van der Waals surface area contributed by atoms with Crippen LogP contribution < -0.4 is 0 Å². The molecule has 0 spiro atoms. The normalized spacial score (nSPS) is 16.7. The molecule has 0 bridgehead atoms. The van der Waals surface area contributed by atoms with E-state index in [1.165, 1.54) is 59.1 Å². The Labute approximate surface area is 248 Å². The van der Waals surface area contributed by atoms with Crippen LogP contribution in [0.15, 0.2) is 146 Å². The Morgan fingerprint density at radius 1 is 0.405 bits per heavy atom. The first-order valence-electron chi connectivity index (χ1n) is 15.0. The van der Waals surface area contributed by atoms with E-state index < -0.39 is 0 Å². The molecule has 1 aliphatic rings. The van der Waals surface area contributed by atoms with Gasteiger partial charge in [0.15, 0.2) is 0 Å². The molecule has 204 valence electrons. The summed E-state index contributed by atoms with van der Waals surface area (Å²) in [4.78, 5) is 9.05. The second-order valence-corrected chi connectivity index (χ2v) is 11.3. The van der Waals surface area contributed by atoms with Crippen molar-refractivity contribution in [2.24, 2.45) is 0 Å². The second kappa shape index (κ2) is 12.0. The Morgan fingerprint density at radius 2 is 0.810 bits per heavy atom. The Bertz CT molecular complexity index is 1630. The van der Waals surface area contributed by atoms with E-state index in [2.05, 4.69) is 119 Å². The Morgan fingerprint density at radius 3 is 1.24 bits per heavy atom. The van der Waals surface area contributed by atoms with Crippen molar-refractivity contribution in [1.29, 1.82) is 0 Å². The zero-order valence-electron chi connectivity index (χ0n) is 23.7. The topological polar surface area (TPSA) is 25.8 Å². The Kier molecular flexibility index (Phi) is 7.43. The molecule has 0 N–H and O–H groups in total. The van der Waals surface area contributed by atoms with Crippen LogP contribution in [-0.2, 0) is 0 Å². The van der Waals surface area contributed by atoms with E-state index in [-0.39, 0.29) is 0 Å². The largest absolute Gasteiger partial charge is 0.256 e. The first-order valence-corrected chi connectivity index (χ1v) is 15.0. The van der Waals surface area contributed by atoms with Crippen LogP contribution in [0, 0.1) is 0 Å². The molecule has 6 aromatic rings. The molecular weight excluding hydrogens is 508 g/mol. The molecular formula is C40H34N2. The maximum atomic E-state index is 4.52. The number of rotatable bonds is 6. The van der Waals surface area contributed by atoms with Crippen LogP contribution in [0.4, 0.5) is 0 Å². The van der Waals surface area contributed by atoms with Crippen LogP contribution >= 0.6 is 0 Å². The summed E-state index contributed by atoms with van der Waals surface area (Å²) in [5.74, 6) is 1.07. The molecule has 2 heterocycles. The van der Waals surface area contributed by atoms with Gasteiger partial charge in [-0.05, 0) is 88.7 Å². The molecule has 2 heteroatoms. The minimum atomic E-state index is 0.537. The number of nitrogens with zero attached hydrogens (tertiary/aromatic N) is 2. The van der Waals surface area contributed by atoms with Crippen molar-refractivity contribution in [2.75, 3.05) is 0 Å². The third kappa shape index (κ3) is 5.41. The molecule has 1 fully saturated rings. The number of aromatic nitrogens is 2. The summed E-state index contributed by atoms with van der Waals surface area (Å²) in [7, 11) is 0. The molecule has 0 amide bonds. The van der Waals surface area contributed by atoms with Crippen LogP contribution in [0.25, 0.3) is 44.8 Å². The third-order valence-corrected chi connectivity index (χ3v) is 8.79. The fourth-order valence-electron chi connectivity index (χ4n) is 6.69. The fourth-order valence-corrected chi connectivity index (χ4v) is 6.69. The molecule has 0 aliphatic heterocycles. The summed E-state index contributed by atoms with van der Waals surface area (Å²) in [5.41, 5.74) is 12.5. The lowest BCUT2D eigenvalue weighted by Gasteiger charge is -2.32. The average Bonchev–Trinajstić information content (AvgIpc) is 3.09. The van der Waals surface area contributed by atoms with Gasteiger partial charge in [-0.1, -0.05) is 116 Å². The maximum absolute atomic E-state index is 4.52. The summed E-state index contributed by atoms with van der Waals surface area (Å²) < 4.78 is 0. The Hall–Kier alpha value is -4.82. The van der Waals surface area contributed by atoms with Gasteiger partial charge in [0.2, 0.25) is 0 Å². The summed E-state index contributed by atoms with van der Waals surface area (Å²) >= 11 is 0. The summed E-state index contributed by atoms with van der Waals surface area (Å²) in [6.07, 6.45) is 8.60. The van der Waals surface area contributed by atoms with Crippen LogP contribution in [0.1, 0.15) is 48.6 Å². The summed E-state index contributed by atoms with van der Waals surface area (Å²) in [6, 6.07) is 48.1. The SMILES string of the molecule is c1ccc(-c2ccc(-c3ccccc3C3CCCC(c4ccccc4-c4ccc(-c5ccccn5)cc4)C3)cc2)nc1. The number of hydrogen-bond acceptors (Lipinski definition) is 2. The van der Waals surface area contributed by atoms with E-state index in [1.54, 1.807) is 0 Å².